The minimum Gasteiger partial charge on any atom is -0.618 e. The third kappa shape index (κ3) is 3.69. The van der Waals surface area contributed by atoms with E-state index in [2.05, 4.69) is 11.0 Å². The summed E-state index contributed by atoms with van der Waals surface area (Å²) in [5, 5.41) is 19.9. The number of nitrogens with zero attached hydrogens (tertiary/aromatic N) is 3. The molecule has 0 amide bonds. The van der Waals surface area contributed by atoms with E-state index < -0.39 is 0 Å². The van der Waals surface area contributed by atoms with Crippen LogP contribution in [0.5, 0.6) is 0 Å². The first-order valence-corrected chi connectivity index (χ1v) is 5.52. The molecule has 0 saturated heterocycles. The van der Waals surface area contributed by atoms with Crippen LogP contribution >= 0.6 is 11.6 Å². The maximum Gasteiger partial charge on any atom is 0.286 e. The first kappa shape index (κ1) is 12.8. The number of hydrogen-bond donors (Lipinski definition) is 0. The number of halogens is 1. The van der Waals surface area contributed by atoms with Gasteiger partial charge in [-0.05, 0) is 24.2 Å². The van der Waals surface area contributed by atoms with Crippen LogP contribution in [0, 0.1) is 16.5 Å². The molecule has 0 bridgehead atoms. The molecule has 0 aromatic carbocycles. The highest BCUT2D eigenvalue weighted by atomic mass is 35.5. The Hall–Kier alpha value is -1.31. The Morgan fingerprint density at radius 3 is 2.88 bits per heavy atom. The van der Waals surface area contributed by atoms with E-state index in [0.29, 0.717) is 24.2 Å². The summed E-state index contributed by atoms with van der Waals surface area (Å²) in [6.45, 7) is 4.26. The monoisotopic (exact) mass is 239 g/mol. The van der Waals surface area contributed by atoms with Crippen molar-refractivity contribution >= 4 is 11.6 Å². The van der Waals surface area contributed by atoms with Gasteiger partial charge in [-0.2, -0.15) is 9.99 Å². The molecule has 0 aliphatic carbocycles. The van der Waals surface area contributed by atoms with Crippen LogP contribution in [0.25, 0.3) is 0 Å². The van der Waals surface area contributed by atoms with Crippen LogP contribution in [-0.2, 0) is 6.54 Å². The van der Waals surface area contributed by atoms with Crippen LogP contribution in [0.4, 0.5) is 0 Å². The summed E-state index contributed by atoms with van der Waals surface area (Å²) < 4.78 is 0.648. The van der Waals surface area contributed by atoms with E-state index in [1.54, 1.807) is 6.07 Å². The highest BCUT2D eigenvalue weighted by molar-refractivity contribution is 6.28. The van der Waals surface area contributed by atoms with Gasteiger partial charge in [0, 0.05) is 31.1 Å². The zero-order chi connectivity index (χ0) is 12.0. The quantitative estimate of drug-likeness (QED) is 0.447. The highest BCUT2D eigenvalue weighted by Crippen LogP contribution is 2.06. The van der Waals surface area contributed by atoms with Crippen molar-refractivity contribution in [2.45, 2.75) is 19.9 Å². The van der Waals surface area contributed by atoms with Gasteiger partial charge in [-0.15, -0.1) is 0 Å². The molecule has 86 valence electrons. The molecular formula is C11H14ClN3O. The molecule has 0 saturated carbocycles. The van der Waals surface area contributed by atoms with Crippen LogP contribution in [0.2, 0.25) is 5.15 Å². The van der Waals surface area contributed by atoms with Gasteiger partial charge >= 0.3 is 0 Å². The minimum atomic E-state index is 0.170. The van der Waals surface area contributed by atoms with Crippen molar-refractivity contribution in [1.82, 2.24) is 4.90 Å². The molecule has 1 aromatic rings. The molecule has 0 aliphatic heterocycles. The summed E-state index contributed by atoms with van der Waals surface area (Å²) in [5.41, 5.74) is 0.902. The largest absolute Gasteiger partial charge is 0.618 e. The molecule has 0 fully saturated rings. The molecule has 0 unspecified atom stereocenters. The standard InChI is InChI=1S/C11H14ClN3O/c1-2-14(7-3-6-13)8-10-4-5-11(12)15(16)9-10/h4-5,9H,2-3,7-8H2,1H3. The first-order valence-electron chi connectivity index (χ1n) is 5.14. The van der Waals surface area contributed by atoms with Crippen LogP contribution < -0.4 is 4.73 Å². The predicted molar refractivity (Wildman–Crippen MR) is 61.6 cm³/mol. The van der Waals surface area contributed by atoms with Crippen molar-refractivity contribution in [3.8, 4) is 6.07 Å². The first-order chi connectivity index (χ1) is 7.67. The normalized spacial score (nSPS) is 10.4. The summed E-state index contributed by atoms with van der Waals surface area (Å²) in [7, 11) is 0. The van der Waals surface area contributed by atoms with Gasteiger partial charge in [0.1, 0.15) is 0 Å². The molecule has 0 spiro atoms. The van der Waals surface area contributed by atoms with Crippen LogP contribution in [0.3, 0.4) is 0 Å². The van der Waals surface area contributed by atoms with E-state index >= 15 is 0 Å². The lowest BCUT2D eigenvalue weighted by molar-refractivity contribution is -0.603. The lowest BCUT2D eigenvalue weighted by atomic mass is 10.2. The Balaban J connectivity index is 2.63. The number of aromatic nitrogens is 1. The highest BCUT2D eigenvalue weighted by Gasteiger charge is 2.07. The zero-order valence-corrected chi connectivity index (χ0v) is 9.94. The summed E-state index contributed by atoms with van der Waals surface area (Å²) in [6, 6.07) is 5.52. The number of nitriles is 1. The van der Waals surface area contributed by atoms with Crippen molar-refractivity contribution in [1.29, 1.82) is 5.26 Å². The second kappa shape index (κ2) is 6.31. The fraction of sp³-hybridized carbons (Fsp3) is 0.455. The Morgan fingerprint density at radius 2 is 2.31 bits per heavy atom. The second-order valence-corrected chi connectivity index (χ2v) is 3.85. The van der Waals surface area contributed by atoms with Crippen molar-refractivity contribution < 1.29 is 4.73 Å². The molecular weight excluding hydrogens is 226 g/mol. The zero-order valence-electron chi connectivity index (χ0n) is 9.19. The smallest absolute Gasteiger partial charge is 0.286 e. The van der Waals surface area contributed by atoms with Gasteiger partial charge in [-0.25, -0.2) is 0 Å². The maximum atomic E-state index is 11.2. The maximum absolute atomic E-state index is 11.2. The van der Waals surface area contributed by atoms with Gasteiger partial charge in [0.2, 0.25) is 0 Å². The second-order valence-electron chi connectivity index (χ2n) is 3.46. The van der Waals surface area contributed by atoms with E-state index in [9.17, 15) is 5.21 Å². The number of rotatable bonds is 5. The van der Waals surface area contributed by atoms with E-state index in [-0.39, 0.29) is 5.15 Å². The van der Waals surface area contributed by atoms with Crippen molar-refractivity contribution in [2.24, 2.45) is 0 Å². The third-order valence-electron chi connectivity index (χ3n) is 2.32. The molecule has 1 heterocycles. The Bertz CT molecular complexity index is 389. The molecule has 1 aromatic heterocycles. The average molecular weight is 240 g/mol. The molecule has 0 radical (unpaired) electrons. The Morgan fingerprint density at radius 1 is 1.56 bits per heavy atom. The van der Waals surface area contributed by atoms with Gasteiger partial charge in [-0.1, -0.05) is 6.92 Å². The molecule has 16 heavy (non-hydrogen) atoms. The topological polar surface area (TPSA) is 54.0 Å². The van der Waals surface area contributed by atoms with Crippen LogP contribution in [0.15, 0.2) is 18.3 Å². The van der Waals surface area contributed by atoms with Gasteiger partial charge in [0.15, 0.2) is 6.20 Å². The average Bonchev–Trinajstić information content (AvgIpc) is 2.29. The Labute approximate surface area is 100 Å². The van der Waals surface area contributed by atoms with Gasteiger partial charge < -0.3 is 5.21 Å². The van der Waals surface area contributed by atoms with Crippen molar-refractivity contribution in [2.75, 3.05) is 13.1 Å². The lowest BCUT2D eigenvalue weighted by Crippen LogP contribution is -2.30. The third-order valence-corrected chi connectivity index (χ3v) is 2.61. The van der Waals surface area contributed by atoms with E-state index in [0.717, 1.165) is 12.1 Å². The molecule has 5 heteroatoms. The summed E-state index contributed by atoms with van der Waals surface area (Å²) in [4.78, 5) is 2.10. The van der Waals surface area contributed by atoms with Crippen LogP contribution in [0.1, 0.15) is 18.9 Å². The molecule has 0 atom stereocenters. The summed E-state index contributed by atoms with van der Waals surface area (Å²) in [5.74, 6) is 0. The number of pyridine rings is 1. The van der Waals surface area contributed by atoms with E-state index in [1.165, 1.54) is 6.20 Å². The van der Waals surface area contributed by atoms with Crippen molar-refractivity contribution in [3.63, 3.8) is 0 Å². The van der Waals surface area contributed by atoms with Gasteiger partial charge in [0.25, 0.3) is 5.15 Å². The molecule has 1 rings (SSSR count). The molecule has 4 nitrogen and oxygen atoms in total. The summed E-state index contributed by atoms with van der Waals surface area (Å²) >= 11 is 5.63. The van der Waals surface area contributed by atoms with Crippen LogP contribution in [-0.4, -0.2) is 18.0 Å². The Kier molecular flexibility index (Phi) is 5.03. The van der Waals surface area contributed by atoms with E-state index in [1.807, 2.05) is 13.0 Å². The fourth-order valence-corrected chi connectivity index (χ4v) is 1.53. The minimum absolute atomic E-state index is 0.170. The van der Waals surface area contributed by atoms with E-state index in [4.69, 9.17) is 16.9 Å². The predicted octanol–water partition coefficient (Wildman–Crippen LogP) is 1.71. The van der Waals surface area contributed by atoms with Crippen molar-refractivity contribution in [3.05, 3.63) is 34.3 Å². The molecule has 0 N–H and O–H groups in total. The summed E-state index contributed by atoms with van der Waals surface area (Å²) in [6.07, 6.45) is 1.97. The SMILES string of the molecule is CCN(CCC#N)Cc1ccc(Cl)[n+]([O-])c1. The molecule has 0 aliphatic rings. The number of hydrogen-bond acceptors (Lipinski definition) is 3. The van der Waals surface area contributed by atoms with Gasteiger partial charge in [-0.3, -0.25) is 4.90 Å². The van der Waals surface area contributed by atoms with Gasteiger partial charge in [0.05, 0.1) is 6.07 Å². The lowest BCUT2D eigenvalue weighted by Gasteiger charge is -2.18. The fourth-order valence-electron chi connectivity index (χ4n) is 1.41.